The molecular weight excluding hydrogens is 264 g/mol. The fraction of sp³-hybridized carbons (Fsp3) is 0.0625. The molecule has 0 radical (unpaired) electrons. The number of benzene rings is 1. The van der Waals surface area contributed by atoms with Gasteiger partial charge in [0.15, 0.2) is 5.65 Å². The van der Waals surface area contributed by atoms with E-state index in [1.54, 1.807) is 16.8 Å². The van der Waals surface area contributed by atoms with Gasteiger partial charge in [-0.3, -0.25) is 9.38 Å². The molecule has 5 nitrogen and oxygen atoms in total. The third-order valence-electron chi connectivity index (χ3n) is 3.52. The molecule has 0 amide bonds. The molecule has 0 aliphatic heterocycles. The Morgan fingerprint density at radius 1 is 1.00 bits per heavy atom. The van der Waals surface area contributed by atoms with Crippen LogP contribution in [0, 0.1) is 0 Å². The van der Waals surface area contributed by atoms with Crippen molar-refractivity contribution in [1.82, 2.24) is 19.2 Å². The summed E-state index contributed by atoms with van der Waals surface area (Å²) in [7, 11) is 0. The van der Waals surface area contributed by atoms with Gasteiger partial charge in [0.05, 0.1) is 12.1 Å². The molecule has 1 aromatic carbocycles. The maximum atomic E-state index is 12.3. The van der Waals surface area contributed by atoms with Crippen LogP contribution < -0.4 is 5.69 Å². The first-order chi connectivity index (χ1) is 10.3. The summed E-state index contributed by atoms with van der Waals surface area (Å²) in [6.45, 7) is 0.412. The Morgan fingerprint density at radius 3 is 2.81 bits per heavy atom. The van der Waals surface area contributed by atoms with E-state index in [2.05, 4.69) is 10.1 Å². The lowest BCUT2D eigenvalue weighted by molar-refractivity contribution is 0.661. The number of pyridine rings is 2. The lowest BCUT2D eigenvalue weighted by Gasteiger charge is -2.04. The zero-order valence-corrected chi connectivity index (χ0v) is 11.2. The molecule has 0 atom stereocenters. The Balaban J connectivity index is 1.87. The Bertz CT molecular complexity index is 994. The predicted molar refractivity (Wildman–Crippen MR) is 80.3 cm³/mol. The molecule has 0 bridgehead atoms. The third kappa shape index (κ3) is 1.90. The molecule has 0 aliphatic rings. The standard InChI is InChI=1S/C16H12N4O/c21-16-19-10-2-1-8-14(19)18-20(16)11-13-6-3-5-12-7-4-9-17-15(12)13/h1-10H,11H2. The molecule has 5 heteroatoms. The van der Waals surface area contributed by atoms with Gasteiger partial charge < -0.3 is 0 Å². The number of hydrogen-bond donors (Lipinski definition) is 0. The molecule has 0 unspecified atom stereocenters. The number of aromatic nitrogens is 4. The molecule has 3 aromatic heterocycles. The summed E-state index contributed by atoms with van der Waals surface area (Å²) < 4.78 is 3.01. The van der Waals surface area contributed by atoms with Crippen LogP contribution in [0.4, 0.5) is 0 Å². The van der Waals surface area contributed by atoms with Crippen molar-refractivity contribution >= 4 is 16.6 Å². The molecule has 4 aromatic rings. The Labute approximate surface area is 120 Å². The molecule has 0 aliphatic carbocycles. The van der Waals surface area contributed by atoms with Crippen molar-refractivity contribution in [2.45, 2.75) is 6.54 Å². The van der Waals surface area contributed by atoms with Crippen LogP contribution in [0.5, 0.6) is 0 Å². The highest BCUT2D eigenvalue weighted by Gasteiger charge is 2.08. The average Bonchev–Trinajstić information content (AvgIpc) is 2.85. The maximum Gasteiger partial charge on any atom is 0.350 e. The zero-order chi connectivity index (χ0) is 14.2. The fourth-order valence-corrected chi connectivity index (χ4v) is 2.53. The van der Waals surface area contributed by atoms with Crippen LogP contribution in [0.3, 0.4) is 0 Å². The molecule has 4 rings (SSSR count). The molecule has 3 heterocycles. The Kier molecular flexibility index (Phi) is 2.57. The highest BCUT2D eigenvalue weighted by Crippen LogP contribution is 2.16. The van der Waals surface area contributed by atoms with Crippen molar-refractivity contribution in [3.05, 3.63) is 77.0 Å². The number of para-hydroxylation sites is 1. The van der Waals surface area contributed by atoms with Gasteiger partial charge in [0, 0.05) is 23.3 Å². The average molecular weight is 276 g/mol. The van der Waals surface area contributed by atoms with Crippen molar-refractivity contribution in [3.63, 3.8) is 0 Å². The first-order valence-corrected chi connectivity index (χ1v) is 6.70. The molecular formula is C16H12N4O. The van der Waals surface area contributed by atoms with E-state index in [1.165, 1.54) is 4.68 Å². The number of rotatable bonds is 2. The topological polar surface area (TPSA) is 52.2 Å². The number of fused-ring (bicyclic) bond motifs is 2. The van der Waals surface area contributed by atoms with Crippen LogP contribution in [0.1, 0.15) is 5.56 Å². The van der Waals surface area contributed by atoms with E-state index in [1.807, 2.05) is 48.5 Å². The molecule has 21 heavy (non-hydrogen) atoms. The van der Waals surface area contributed by atoms with Crippen molar-refractivity contribution in [1.29, 1.82) is 0 Å². The van der Waals surface area contributed by atoms with E-state index in [-0.39, 0.29) is 5.69 Å². The normalized spacial score (nSPS) is 11.2. The second-order valence-electron chi connectivity index (χ2n) is 4.86. The zero-order valence-electron chi connectivity index (χ0n) is 11.2. The van der Waals surface area contributed by atoms with E-state index in [0.717, 1.165) is 16.5 Å². The van der Waals surface area contributed by atoms with Gasteiger partial charge in [-0.25, -0.2) is 9.48 Å². The van der Waals surface area contributed by atoms with Crippen LogP contribution in [0.2, 0.25) is 0 Å². The van der Waals surface area contributed by atoms with Crippen LogP contribution in [0.25, 0.3) is 16.6 Å². The van der Waals surface area contributed by atoms with Gasteiger partial charge in [-0.2, -0.15) is 0 Å². The minimum atomic E-state index is -0.140. The summed E-state index contributed by atoms with van der Waals surface area (Å²) in [5.41, 5.74) is 2.40. The Morgan fingerprint density at radius 2 is 1.90 bits per heavy atom. The smallest absolute Gasteiger partial charge is 0.256 e. The quantitative estimate of drug-likeness (QED) is 0.563. The molecule has 0 saturated carbocycles. The second-order valence-corrected chi connectivity index (χ2v) is 4.86. The lowest BCUT2D eigenvalue weighted by Crippen LogP contribution is -2.21. The first kappa shape index (κ1) is 11.8. The predicted octanol–water partition coefficient (Wildman–Crippen LogP) is 2.09. The SMILES string of the molecule is O=c1n(Cc2cccc3cccnc23)nc2ccccn12. The summed E-state index contributed by atoms with van der Waals surface area (Å²) in [6, 6.07) is 15.4. The van der Waals surface area contributed by atoms with Gasteiger partial charge in [-0.15, -0.1) is 5.10 Å². The molecule has 102 valence electrons. The van der Waals surface area contributed by atoms with Gasteiger partial charge in [-0.1, -0.05) is 30.3 Å². The summed E-state index contributed by atoms with van der Waals surface area (Å²) in [5.74, 6) is 0. The van der Waals surface area contributed by atoms with Crippen molar-refractivity contribution in [3.8, 4) is 0 Å². The van der Waals surface area contributed by atoms with Crippen molar-refractivity contribution in [2.24, 2.45) is 0 Å². The van der Waals surface area contributed by atoms with Crippen LogP contribution >= 0.6 is 0 Å². The lowest BCUT2D eigenvalue weighted by atomic mass is 10.1. The number of hydrogen-bond acceptors (Lipinski definition) is 3. The van der Waals surface area contributed by atoms with E-state index in [0.29, 0.717) is 12.2 Å². The van der Waals surface area contributed by atoms with Crippen LogP contribution in [0.15, 0.2) is 65.7 Å². The molecule has 0 saturated heterocycles. The Hall–Kier alpha value is -2.95. The highest BCUT2D eigenvalue weighted by atomic mass is 16.2. The largest absolute Gasteiger partial charge is 0.350 e. The van der Waals surface area contributed by atoms with E-state index in [9.17, 15) is 4.79 Å². The minimum Gasteiger partial charge on any atom is -0.256 e. The molecule has 0 spiro atoms. The number of nitrogens with zero attached hydrogens (tertiary/aromatic N) is 4. The van der Waals surface area contributed by atoms with Gasteiger partial charge in [0.2, 0.25) is 0 Å². The second kappa shape index (κ2) is 4.56. The van der Waals surface area contributed by atoms with E-state index in [4.69, 9.17) is 0 Å². The van der Waals surface area contributed by atoms with Crippen LogP contribution in [-0.2, 0) is 6.54 Å². The van der Waals surface area contributed by atoms with Crippen LogP contribution in [-0.4, -0.2) is 19.2 Å². The van der Waals surface area contributed by atoms with Crippen molar-refractivity contribution < 1.29 is 0 Å². The van der Waals surface area contributed by atoms with Gasteiger partial charge in [-0.05, 0) is 18.2 Å². The maximum absolute atomic E-state index is 12.3. The summed E-state index contributed by atoms with van der Waals surface area (Å²) >= 11 is 0. The van der Waals surface area contributed by atoms with E-state index >= 15 is 0 Å². The first-order valence-electron chi connectivity index (χ1n) is 6.70. The summed E-state index contributed by atoms with van der Waals surface area (Å²) in [5, 5.41) is 5.42. The van der Waals surface area contributed by atoms with Crippen molar-refractivity contribution in [2.75, 3.05) is 0 Å². The highest BCUT2D eigenvalue weighted by molar-refractivity contribution is 5.81. The van der Waals surface area contributed by atoms with Gasteiger partial charge >= 0.3 is 5.69 Å². The third-order valence-corrected chi connectivity index (χ3v) is 3.52. The van der Waals surface area contributed by atoms with E-state index < -0.39 is 0 Å². The van der Waals surface area contributed by atoms with Gasteiger partial charge in [0.1, 0.15) is 0 Å². The fourth-order valence-electron chi connectivity index (χ4n) is 2.53. The molecule has 0 fully saturated rings. The molecule has 0 N–H and O–H groups in total. The van der Waals surface area contributed by atoms with Gasteiger partial charge in [0.25, 0.3) is 0 Å². The summed E-state index contributed by atoms with van der Waals surface area (Å²) in [4.78, 5) is 16.7. The minimum absolute atomic E-state index is 0.140. The summed E-state index contributed by atoms with van der Waals surface area (Å²) in [6.07, 6.45) is 3.49. The monoisotopic (exact) mass is 276 g/mol.